The molecule has 0 aromatic rings. The minimum absolute atomic E-state index is 0.375. The van der Waals surface area contributed by atoms with Crippen LogP contribution in [0, 0.1) is 0 Å². The molecular formula is C9H19N3S. The molecule has 1 aliphatic rings. The molecular weight excluding hydrogens is 182 g/mol. The molecule has 1 heterocycles. The van der Waals surface area contributed by atoms with Crippen molar-refractivity contribution in [2.75, 3.05) is 12.3 Å². The van der Waals surface area contributed by atoms with Crippen LogP contribution in [0.5, 0.6) is 0 Å². The molecule has 13 heavy (non-hydrogen) atoms. The van der Waals surface area contributed by atoms with Crippen molar-refractivity contribution in [1.29, 1.82) is 0 Å². The third kappa shape index (κ3) is 4.41. The Morgan fingerprint density at radius 1 is 1.69 bits per heavy atom. The average Bonchev–Trinajstić information content (AvgIpc) is 2.51. The first-order valence-electron chi connectivity index (χ1n) is 4.86. The molecule has 1 fully saturated rings. The number of nitrogens with zero attached hydrogens (tertiary/aromatic N) is 1. The molecule has 1 atom stereocenters. The van der Waals surface area contributed by atoms with E-state index < -0.39 is 0 Å². The zero-order valence-electron chi connectivity index (χ0n) is 8.42. The average molecular weight is 201 g/mol. The Bertz CT molecular complexity index is 174. The van der Waals surface area contributed by atoms with E-state index in [-0.39, 0.29) is 0 Å². The van der Waals surface area contributed by atoms with Crippen LogP contribution in [-0.4, -0.2) is 29.5 Å². The van der Waals surface area contributed by atoms with Gasteiger partial charge in [0.25, 0.3) is 0 Å². The second-order valence-corrected chi connectivity index (χ2v) is 5.07. The van der Waals surface area contributed by atoms with Gasteiger partial charge in [-0.1, -0.05) is 0 Å². The zero-order valence-corrected chi connectivity index (χ0v) is 9.23. The summed E-state index contributed by atoms with van der Waals surface area (Å²) < 4.78 is 0. The Labute approximate surface area is 84.6 Å². The van der Waals surface area contributed by atoms with Gasteiger partial charge in [-0.05, 0) is 32.4 Å². The van der Waals surface area contributed by atoms with Crippen LogP contribution in [0.3, 0.4) is 0 Å². The van der Waals surface area contributed by atoms with E-state index in [9.17, 15) is 0 Å². The van der Waals surface area contributed by atoms with Gasteiger partial charge in [-0.25, -0.2) is 0 Å². The van der Waals surface area contributed by atoms with Crippen LogP contribution in [0.4, 0.5) is 0 Å². The van der Waals surface area contributed by atoms with Crippen molar-refractivity contribution in [3.8, 4) is 0 Å². The van der Waals surface area contributed by atoms with E-state index in [2.05, 4.69) is 24.2 Å². The Kier molecular flexibility index (Phi) is 4.42. The minimum atomic E-state index is 0.375. The Hall–Kier alpha value is -0.380. The molecule has 0 aliphatic carbocycles. The molecule has 1 unspecified atom stereocenters. The predicted octanol–water partition coefficient (Wildman–Crippen LogP) is 1.19. The zero-order chi connectivity index (χ0) is 9.68. The maximum absolute atomic E-state index is 5.68. The van der Waals surface area contributed by atoms with Crippen LogP contribution in [0.2, 0.25) is 0 Å². The van der Waals surface area contributed by atoms with Crippen molar-refractivity contribution >= 4 is 17.7 Å². The Morgan fingerprint density at radius 2 is 2.46 bits per heavy atom. The van der Waals surface area contributed by atoms with Crippen LogP contribution < -0.4 is 11.1 Å². The second-order valence-electron chi connectivity index (χ2n) is 3.66. The summed E-state index contributed by atoms with van der Waals surface area (Å²) in [5, 5.41) is 3.79. The van der Waals surface area contributed by atoms with Gasteiger partial charge in [-0.3, -0.25) is 4.99 Å². The van der Waals surface area contributed by atoms with Gasteiger partial charge in [0.2, 0.25) is 0 Å². The van der Waals surface area contributed by atoms with Gasteiger partial charge in [0.1, 0.15) is 0 Å². The second kappa shape index (κ2) is 5.37. The molecule has 4 heteroatoms. The molecule has 0 saturated carbocycles. The SMILES string of the molecule is CC(C)NC(N)=NCC1CCCS1. The third-order valence-electron chi connectivity index (χ3n) is 1.93. The van der Waals surface area contributed by atoms with Gasteiger partial charge < -0.3 is 11.1 Å². The van der Waals surface area contributed by atoms with Crippen LogP contribution in [0.25, 0.3) is 0 Å². The molecule has 0 bridgehead atoms. The maximum Gasteiger partial charge on any atom is 0.188 e. The van der Waals surface area contributed by atoms with Gasteiger partial charge in [0.15, 0.2) is 5.96 Å². The van der Waals surface area contributed by atoms with Crippen molar-refractivity contribution in [1.82, 2.24) is 5.32 Å². The highest BCUT2D eigenvalue weighted by atomic mass is 32.2. The molecule has 0 aromatic carbocycles. The maximum atomic E-state index is 5.68. The predicted molar refractivity (Wildman–Crippen MR) is 60.2 cm³/mol. The molecule has 3 N–H and O–H groups in total. The summed E-state index contributed by atoms with van der Waals surface area (Å²) in [6, 6.07) is 0.375. The largest absolute Gasteiger partial charge is 0.370 e. The molecule has 0 amide bonds. The van der Waals surface area contributed by atoms with Crippen molar-refractivity contribution < 1.29 is 0 Å². The van der Waals surface area contributed by atoms with Crippen molar-refractivity contribution in [3.05, 3.63) is 0 Å². The molecule has 1 saturated heterocycles. The number of aliphatic imine (C=N–C) groups is 1. The highest BCUT2D eigenvalue weighted by molar-refractivity contribution is 8.00. The van der Waals surface area contributed by atoms with Gasteiger partial charge in [-0.2, -0.15) is 11.8 Å². The summed E-state index contributed by atoms with van der Waals surface area (Å²) in [6.07, 6.45) is 2.63. The van der Waals surface area contributed by atoms with E-state index in [0.717, 1.165) is 6.54 Å². The Morgan fingerprint density at radius 3 is 3.00 bits per heavy atom. The highest BCUT2D eigenvalue weighted by Crippen LogP contribution is 2.25. The standard InChI is InChI=1S/C9H19N3S/c1-7(2)12-9(10)11-6-8-4-3-5-13-8/h7-8H,3-6H2,1-2H3,(H3,10,11,12). The smallest absolute Gasteiger partial charge is 0.188 e. The fourth-order valence-corrected chi connectivity index (χ4v) is 2.51. The lowest BCUT2D eigenvalue weighted by Gasteiger charge is -2.09. The highest BCUT2D eigenvalue weighted by Gasteiger charge is 2.14. The van der Waals surface area contributed by atoms with Crippen LogP contribution in [0.15, 0.2) is 4.99 Å². The fourth-order valence-electron chi connectivity index (χ4n) is 1.33. The monoisotopic (exact) mass is 201 g/mol. The van der Waals surface area contributed by atoms with Gasteiger partial charge in [0, 0.05) is 11.3 Å². The summed E-state index contributed by atoms with van der Waals surface area (Å²) in [4.78, 5) is 4.31. The van der Waals surface area contributed by atoms with E-state index in [1.54, 1.807) is 0 Å². The number of thioether (sulfide) groups is 1. The molecule has 76 valence electrons. The van der Waals surface area contributed by atoms with Gasteiger partial charge in [0.05, 0.1) is 6.54 Å². The number of hydrogen-bond donors (Lipinski definition) is 2. The number of hydrogen-bond acceptors (Lipinski definition) is 2. The van der Waals surface area contributed by atoms with Gasteiger partial charge in [-0.15, -0.1) is 0 Å². The number of nitrogens with one attached hydrogen (secondary N) is 1. The summed E-state index contributed by atoms with van der Waals surface area (Å²) in [5.41, 5.74) is 5.68. The Balaban J connectivity index is 2.21. The van der Waals surface area contributed by atoms with E-state index in [4.69, 9.17) is 5.73 Å². The third-order valence-corrected chi connectivity index (χ3v) is 3.31. The topological polar surface area (TPSA) is 50.4 Å². The van der Waals surface area contributed by atoms with E-state index in [0.29, 0.717) is 17.3 Å². The normalized spacial score (nSPS) is 23.9. The summed E-state index contributed by atoms with van der Waals surface area (Å²) in [5.74, 6) is 1.88. The van der Waals surface area contributed by atoms with Crippen LogP contribution in [0.1, 0.15) is 26.7 Å². The van der Waals surface area contributed by atoms with Crippen LogP contribution in [-0.2, 0) is 0 Å². The number of nitrogens with two attached hydrogens (primary N) is 1. The lowest BCUT2D eigenvalue weighted by Crippen LogP contribution is -2.37. The van der Waals surface area contributed by atoms with E-state index >= 15 is 0 Å². The van der Waals surface area contributed by atoms with Crippen LogP contribution >= 0.6 is 11.8 Å². The molecule has 1 aliphatic heterocycles. The van der Waals surface area contributed by atoms with Gasteiger partial charge >= 0.3 is 0 Å². The van der Waals surface area contributed by atoms with E-state index in [1.807, 2.05) is 11.8 Å². The summed E-state index contributed by atoms with van der Waals surface area (Å²) in [7, 11) is 0. The molecule has 0 spiro atoms. The van der Waals surface area contributed by atoms with Crippen molar-refractivity contribution in [2.24, 2.45) is 10.7 Å². The first kappa shape index (κ1) is 10.7. The molecule has 1 rings (SSSR count). The first-order chi connectivity index (χ1) is 6.18. The van der Waals surface area contributed by atoms with E-state index in [1.165, 1.54) is 18.6 Å². The summed E-state index contributed by atoms with van der Waals surface area (Å²) >= 11 is 2.01. The number of guanidine groups is 1. The van der Waals surface area contributed by atoms with Crippen molar-refractivity contribution in [2.45, 2.75) is 38.0 Å². The quantitative estimate of drug-likeness (QED) is 0.533. The number of rotatable bonds is 3. The lowest BCUT2D eigenvalue weighted by atomic mass is 10.2. The van der Waals surface area contributed by atoms with Crippen molar-refractivity contribution in [3.63, 3.8) is 0 Å². The molecule has 0 aromatic heterocycles. The summed E-state index contributed by atoms with van der Waals surface area (Å²) in [6.45, 7) is 5.00. The molecule has 0 radical (unpaired) electrons. The minimum Gasteiger partial charge on any atom is -0.370 e. The molecule has 3 nitrogen and oxygen atoms in total. The first-order valence-corrected chi connectivity index (χ1v) is 5.91. The lowest BCUT2D eigenvalue weighted by molar-refractivity contribution is 0.717. The fraction of sp³-hybridized carbons (Fsp3) is 0.889.